The highest BCUT2D eigenvalue weighted by Crippen LogP contribution is 2.16. The fourth-order valence-corrected chi connectivity index (χ4v) is 1.77. The van der Waals surface area contributed by atoms with Gasteiger partial charge in [-0.15, -0.1) is 0 Å². The van der Waals surface area contributed by atoms with Crippen LogP contribution in [0, 0.1) is 13.8 Å². The number of carboxylic acid groups (broad SMARTS) is 1. The Morgan fingerprint density at radius 1 is 1.62 bits per heavy atom. The minimum absolute atomic E-state index is 0.154. The number of nitrogens with one attached hydrogen (secondary N) is 1. The number of aliphatic carboxylic acids is 1. The number of imidazole rings is 1. The van der Waals surface area contributed by atoms with E-state index < -0.39 is 12.0 Å². The summed E-state index contributed by atoms with van der Waals surface area (Å²) >= 11 is 0. The largest absolute Gasteiger partial charge is 0.480 e. The van der Waals surface area contributed by atoms with Crippen LogP contribution in [0.15, 0.2) is 6.33 Å². The molecule has 2 atom stereocenters. The molecule has 1 aromatic heterocycles. The summed E-state index contributed by atoms with van der Waals surface area (Å²) in [7, 11) is 0. The zero-order valence-electron chi connectivity index (χ0n) is 10.2. The highest BCUT2D eigenvalue weighted by atomic mass is 16.4. The molecule has 0 saturated carbocycles. The van der Waals surface area contributed by atoms with Crippen LogP contribution in [0.5, 0.6) is 0 Å². The van der Waals surface area contributed by atoms with Gasteiger partial charge in [-0.25, -0.2) is 4.98 Å². The van der Waals surface area contributed by atoms with Gasteiger partial charge < -0.3 is 15.0 Å². The monoisotopic (exact) mass is 225 g/mol. The topological polar surface area (TPSA) is 67.2 Å². The summed E-state index contributed by atoms with van der Waals surface area (Å²) in [6.07, 6.45) is 1.70. The van der Waals surface area contributed by atoms with Gasteiger partial charge in [0.05, 0.1) is 18.1 Å². The molecule has 16 heavy (non-hydrogen) atoms. The zero-order chi connectivity index (χ0) is 12.3. The lowest BCUT2D eigenvalue weighted by Crippen LogP contribution is -2.42. The van der Waals surface area contributed by atoms with Crippen LogP contribution in [0.3, 0.4) is 0 Å². The first kappa shape index (κ1) is 12.7. The molecule has 1 aromatic rings. The number of nitrogens with zero attached hydrogens (tertiary/aromatic N) is 2. The van der Waals surface area contributed by atoms with Crippen molar-refractivity contribution in [3.63, 3.8) is 0 Å². The van der Waals surface area contributed by atoms with E-state index in [1.54, 1.807) is 6.33 Å². The first-order chi connectivity index (χ1) is 7.49. The normalized spacial score (nSPS) is 14.8. The van der Waals surface area contributed by atoms with Crippen molar-refractivity contribution in [1.82, 2.24) is 14.9 Å². The number of carboxylic acids is 1. The summed E-state index contributed by atoms with van der Waals surface area (Å²) in [6.45, 7) is 8.28. The molecule has 2 N–H and O–H groups in total. The summed E-state index contributed by atoms with van der Waals surface area (Å²) in [4.78, 5) is 15.3. The Morgan fingerprint density at radius 3 is 2.62 bits per heavy atom. The van der Waals surface area contributed by atoms with Gasteiger partial charge in [-0.1, -0.05) is 6.92 Å². The first-order valence-corrected chi connectivity index (χ1v) is 5.45. The number of aryl methyl sites for hydroxylation is 1. The molecule has 1 rings (SSSR count). The molecule has 0 aromatic carbocycles. The van der Waals surface area contributed by atoms with E-state index in [1.807, 2.05) is 32.3 Å². The molecule has 0 aliphatic rings. The number of carbonyl (C=O) groups is 1. The van der Waals surface area contributed by atoms with E-state index in [1.165, 1.54) is 0 Å². The van der Waals surface area contributed by atoms with Gasteiger partial charge in [0, 0.05) is 5.69 Å². The quantitative estimate of drug-likeness (QED) is 0.788. The second kappa shape index (κ2) is 5.12. The van der Waals surface area contributed by atoms with E-state index in [4.69, 9.17) is 5.11 Å². The fourth-order valence-electron chi connectivity index (χ4n) is 1.77. The Morgan fingerprint density at radius 2 is 2.25 bits per heavy atom. The average molecular weight is 225 g/mol. The molecule has 0 spiro atoms. The van der Waals surface area contributed by atoms with E-state index in [9.17, 15) is 4.79 Å². The zero-order valence-corrected chi connectivity index (χ0v) is 10.2. The van der Waals surface area contributed by atoms with Crippen LogP contribution in [0.25, 0.3) is 0 Å². The summed E-state index contributed by atoms with van der Waals surface area (Å²) < 4.78 is 1.90. The van der Waals surface area contributed by atoms with Crippen molar-refractivity contribution in [3.05, 3.63) is 17.7 Å². The van der Waals surface area contributed by atoms with Gasteiger partial charge >= 0.3 is 5.97 Å². The molecule has 0 amide bonds. The van der Waals surface area contributed by atoms with Gasteiger partial charge in [0.2, 0.25) is 0 Å². The Balaban J connectivity index is 2.94. The van der Waals surface area contributed by atoms with Gasteiger partial charge in [0.15, 0.2) is 0 Å². The predicted octanol–water partition coefficient (Wildman–Crippen LogP) is 1.12. The lowest BCUT2D eigenvalue weighted by molar-refractivity contribution is -0.140. The van der Waals surface area contributed by atoms with Crippen molar-refractivity contribution >= 4 is 5.97 Å². The minimum Gasteiger partial charge on any atom is -0.480 e. The van der Waals surface area contributed by atoms with E-state index in [0.717, 1.165) is 11.4 Å². The van der Waals surface area contributed by atoms with Crippen molar-refractivity contribution in [2.45, 2.75) is 39.8 Å². The number of hydrogen-bond donors (Lipinski definition) is 2. The van der Waals surface area contributed by atoms with Crippen LogP contribution in [-0.4, -0.2) is 33.2 Å². The molecule has 1 heterocycles. The number of rotatable bonds is 5. The number of hydrogen-bond acceptors (Lipinski definition) is 3. The summed E-state index contributed by atoms with van der Waals surface area (Å²) in [5, 5.41) is 12.1. The molecule has 0 fully saturated rings. The van der Waals surface area contributed by atoms with Crippen molar-refractivity contribution < 1.29 is 9.90 Å². The van der Waals surface area contributed by atoms with Crippen molar-refractivity contribution in [1.29, 1.82) is 0 Å². The Bertz CT molecular complexity index is 373. The van der Waals surface area contributed by atoms with Gasteiger partial charge in [-0.3, -0.25) is 4.79 Å². The molecular formula is C11H19N3O2. The lowest BCUT2D eigenvalue weighted by atomic mass is 10.1. The molecule has 5 nitrogen and oxygen atoms in total. The van der Waals surface area contributed by atoms with Crippen molar-refractivity contribution in [2.24, 2.45) is 0 Å². The molecule has 0 radical (unpaired) electrons. The Labute approximate surface area is 95.5 Å². The summed E-state index contributed by atoms with van der Waals surface area (Å²) in [5.41, 5.74) is 1.95. The average Bonchev–Trinajstić information content (AvgIpc) is 2.55. The number of aromatic nitrogens is 2. The minimum atomic E-state index is -0.833. The third kappa shape index (κ3) is 2.41. The van der Waals surface area contributed by atoms with Crippen molar-refractivity contribution in [3.8, 4) is 0 Å². The molecule has 2 unspecified atom stereocenters. The van der Waals surface area contributed by atoms with Crippen LogP contribution >= 0.6 is 0 Å². The fraction of sp³-hybridized carbons (Fsp3) is 0.636. The van der Waals surface area contributed by atoms with Gasteiger partial charge in [0.25, 0.3) is 0 Å². The highest BCUT2D eigenvalue weighted by molar-refractivity contribution is 5.74. The van der Waals surface area contributed by atoms with Crippen LogP contribution < -0.4 is 5.32 Å². The number of likely N-dealkylation sites (N-methyl/N-ethyl adjacent to an activating group) is 1. The van der Waals surface area contributed by atoms with Crippen LogP contribution in [0.1, 0.15) is 31.3 Å². The molecule has 90 valence electrons. The Hall–Kier alpha value is -1.36. The SMILES string of the molecule is CCNC(C(=O)O)C(C)n1cnc(C)c1C. The first-order valence-electron chi connectivity index (χ1n) is 5.45. The van der Waals surface area contributed by atoms with Gasteiger partial charge in [-0.2, -0.15) is 0 Å². The molecule has 0 aliphatic heterocycles. The second-order valence-corrected chi connectivity index (χ2v) is 3.94. The molecule has 0 saturated heterocycles. The van der Waals surface area contributed by atoms with Gasteiger partial charge in [0.1, 0.15) is 6.04 Å². The van der Waals surface area contributed by atoms with Gasteiger partial charge in [-0.05, 0) is 27.3 Å². The van der Waals surface area contributed by atoms with Crippen LogP contribution in [-0.2, 0) is 4.79 Å². The third-order valence-electron chi connectivity index (χ3n) is 2.90. The predicted molar refractivity (Wildman–Crippen MR) is 61.5 cm³/mol. The van der Waals surface area contributed by atoms with E-state index in [0.29, 0.717) is 6.54 Å². The summed E-state index contributed by atoms with van der Waals surface area (Å²) in [5.74, 6) is -0.833. The maximum atomic E-state index is 11.1. The Kier molecular flexibility index (Phi) is 4.06. The maximum Gasteiger partial charge on any atom is 0.322 e. The standard InChI is InChI=1S/C11H19N3O2/c1-5-12-10(11(15)16)9(4)14-6-13-7(2)8(14)3/h6,9-10,12H,5H2,1-4H3,(H,15,16). The van der Waals surface area contributed by atoms with E-state index in [-0.39, 0.29) is 6.04 Å². The maximum absolute atomic E-state index is 11.1. The van der Waals surface area contributed by atoms with Crippen LogP contribution in [0.2, 0.25) is 0 Å². The van der Waals surface area contributed by atoms with E-state index >= 15 is 0 Å². The highest BCUT2D eigenvalue weighted by Gasteiger charge is 2.25. The molecular weight excluding hydrogens is 206 g/mol. The lowest BCUT2D eigenvalue weighted by Gasteiger charge is -2.23. The molecule has 0 aliphatic carbocycles. The third-order valence-corrected chi connectivity index (χ3v) is 2.90. The summed E-state index contributed by atoms with van der Waals surface area (Å²) in [6, 6.07) is -0.740. The van der Waals surface area contributed by atoms with Crippen molar-refractivity contribution in [2.75, 3.05) is 6.54 Å². The molecule has 0 bridgehead atoms. The molecule has 5 heteroatoms. The van der Waals surface area contributed by atoms with E-state index in [2.05, 4.69) is 10.3 Å². The van der Waals surface area contributed by atoms with Crippen LogP contribution in [0.4, 0.5) is 0 Å². The smallest absolute Gasteiger partial charge is 0.322 e. The second-order valence-electron chi connectivity index (χ2n) is 3.94.